The molecule has 108 valence electrons. The summed E-state index contributed by atoms with van der Waals surface area (Å²) >= 11 is 0. The highest BCUT2D eigenvalue weighted by molar-refractivity contribution is 5.06. The lowest BCUT2D eigenvalue weighted by Crippen LogP contribution is -2.19. The van der Waals surface area contributed by atoms with E-state index in [0.717, 1.165) is 12.8 Å². The van der Waals surface area contributed by atoms with Gasteiger partial charge in [-0.05, 0) is 42.9 Å². The van der Waals surface area contributed by atoms with Crippen LogP contribution in [0, 0.1) is 16.7 Å². The maximum atomic E-state index is 9.25. The van der Waals surface area contributed by atoms with E-state index >= 15 is 0 Å². The molecule has 1 atom stereocenters. The summed E-state index contributed by atoms with van der Waals surface area (Å²) in [6.45, 7) is 13.8. The van der Waals surface area contributed by atoms with Crippen LogP contribution in [0.2, 0.25) is 0 Å². The number of allylic oxidation sites excluding steroid dienone is 2. The first-order chi connectivity index (χ1) is 8.09. The maximum Gasteiger partial charge on any atom is 0.0463 e. The average molecular weight is 256 g/mol. The number of hydrogen-bond acceptors (Lipinski definition) is 2. The molecule has 2 N–H and O–H groups in total. The van der Waals surface area contributed by atoms with Crippen LogP contribution in [0.3, 0.4) is 0 Å². The molecule has 0 spiro atoms. The van der Waals surface area contributed by atoms with Gasteiger partial charge >= 0.3 is 0 Å². The van der Waals surface area contributed by atoms with E-state index in [1.165, 1.54) is 5.57 Å². The first-order valence-corrected chi connectivity index (χ1v) is 7.00. The minimum atomic E-state index is 0.157. The van der Waals surface area contributed by atoms with Crippen LogP contribution in [0.5, 0.6) is 0 Å². The van der Waals surface area contributed by atoms with Gasteiger partial charge in [-0.2, -0.15) is 0 Å². The van der Waals surface area contributed by atoms with Crippen molar-refractivity contribution in [3.63, 3.8) is 0 Å². The van der Waals surface area contributed by atoms with Gasteiger partial charge in [0.05, 0.1) is 0 Å². The van der Waals surface area contributed by atoms with Gasteiger partial charge in [-0.25, -0.2) is 0 Å². The summed E-state index contributed by atoms with van der Waals surface area (Å²) in [5.41, 5.74) is 1.82. The van der Waals surface area contributed by atoms with Crippen LogP contribution in [0.25, 0.3) is 0 Å². The van der Waals surface area contributed by atoms with Crippen LogP contribution in [-0.2, 0) is 0 Å². The van der Waals surface area contributed by atoms with Crippen LogP contribution in [-0.4, -0.2) is 23.4 Å². The van der Waals surface area contributed by atoms with Crippen molar-refractivity contribution in [3.8, 4) is 0 Å². The van der Waals surface area contributed by atoms with E-state index in [9.17, 15) is 5.11 Å². The van der Waals surface area contributed by atoms with Gasteiger partial charge < -0.3 is 10.2 Å². The maximum absolute atomic E-state index is 9.25. The Bertz CT molecular complexity index is 259. The molecule has 0 aromatic carbocycles. The quantitative estimate of drug-likeness (QED) is 0.681. The fraction of sp³-hybridized carbons (Fsp3) is 0.875. The summed E-state index contributed by atoms with van der Waals surface area (Å²) in [6, 6.07) is 0. The molecule has 0 aromatic heterocycles. The highest BCUT2D eigenvalue weighted by Crippen LogP contribution is 2.35. The van der Waals surface area contributed by atoms with Crippen LogP contribution >= 0.6 is 0 Å². The molecule has 0 saturated carbocycles. The topological polar surface area (TPSA) is 40.5 Å². The lowest BCUT2D eigenvalue weighted by Gasteiger charge is -2.30. The summed E-state index contributed by atoms with van der Waals surface area (Å²) < 4.78 is 0. The molecule has 0 fully saturated rings. The Labute approximate surface area is 113 Å². The first-order valence-electron chi connectivity index (χ1n) is 7.00. The highest BCUT2D eigenvalue weighted by atomic mass is 16.3. The molecule has 2 nitrogen and oxygen atoms in total. The van der Waals surface area contributed by atoms with E-state index < -0.39 is 0 Å². The third-order valence-electron chi connectivity index (χ3n) is 3.03. The lowest BCUT2D eigenvalue weighted by atomic mass is 9.75. The van der Waals surface area contributed by atoms with Crippen molar-refractivity contribution < 1.29 is 10.2 Å². The minimum absolute atomic E-state index is 0.157. The van der Waals surface area contributed by atoms with Crippen molar-refractivity contribution >= 4 is 0 Å². The third-order valence-corrected chi connectivity index (χ3v) is 3.03. The van der Waals surface area contributed by atoms with Gasteiger partial charge in [0.15, 0.2) is 0 Å². The van der Waals surface area contributed by atoms with E-state index in [1.807, 2.05) is 0 Å². The molecule has 2 heteroatoms. The molecule has 0 aliphatic rings. The number of aliphatic hydroxyl groups excluding tert-OH is 2. The Morgan fingerprint density at radius 2 is 1.67 bits per heavy atom. The van der Waals surface area contributed by atoms with Gasteiger partial charge in [0.1, 0.15) is 0 Å². The Balaban J connectivity index is 4.55. The van der Waals surface area contributed by atoms with Crippen molar-refractivity contribution in [2.24, 2.45) is 16.7 Å². The fourth-order valence-corrected chi connectivity index (χ4v) is 3.04. The largest absolute Gasteiger partial charge is 0.396 e. The Hall–Kier alpha value is -0.340. The normalized spacial score (nSPS) is 15.9. The lowest BCUT2D eigenvalue weighted by molar-refractivity contribution is 0.182. The van der Waals surface area contributed by atoms with Crippen LogP contribution in [0.15, 0.2) is 11.6 Å². The van der Waals surface area contributed by atoms with Gasteiger partial charge in [-0.15, -0.1) is 0 Å². The molecule has 0 bridgehead atoms. The van der Waals surface area contributed by atoms with Crippen LogP contribution in [0.1, 0.15) is 60.8 Å². The zero-order valence-corrected chi connectivity index (χ0v) is 13.1. The summed E-state index contributed by atoms with van der Waals surface area (Å²) in [6.07, 6.45) is 5.03. The van der Waals surface area contributed by atoms with Crippen molar-refractivity contribution in [1.29, 1.82) is 0 Å². The second-order valence-electron chi connectivity index (χ2n) is 7.48. The van der Waals surface area contributed by atoms with E-state index in [1.54, 1.807) is 0 Å². The smallest absolute Gasteiger partial charge is 0.0463 e. The van der Waals surface area contributed by atoms with Crippen molar-refractivity contribution in [1.82, 2.24) is 0 Å². The average Bonchev–Trinajstić information content (AvgIpc) is 2.11. The number of rotatable bonds is 7. The Morgan fingerprint density at radius 1 is 1.11 bits per heavy atom. The molecule has 0 aliphatic heterocycles. The standard InChI is InChI=1S/C16H32O2/c1-13(9-14(11-18)7-8-17)10-16(5,6)12-15(2,3)4/h10,14,17-18H,7-9,11-12H2,1-6H3. The molecule has 0 saturated heterocycles. The van der Waals surface area contributed by atoms with Crippen LogP contribution in [0.4, 0.5) is 0 Å². The molecule has 0 aromatic rings. The van der Waals surface area contributed by atoms with E-state index in [2.05, 4.69) is 47.6 Å². The predicted octanol–water partition coefficient (Wildman–Crippen LogP) is 3.78. The summed E-state index contributed by atoms with van der Waals surface area (Å²) in [5.74, 6) is 0.191. The van der Waals surface area contributed by atoms with Gasteiger partial charge in [0, 0.05) is 13.2 Å². The molecule has 0 radical (unpaired) electrons. The summed E-state index contributed by atoms with van der Waals surface area (Å²) in [4.78, 5) is 0. The Kier molecular flexibility index (Phi) is 7.16. The van der Waals surface area contributed by atoms with Crippen LogP contribution < -0.4 is 0 Å². The number of hydrogen-bond donors (Lipinski definition) is 2. The van der Waals surface area contributed by atoms with Crippen molar-refractivity contribution in [3.05, 3.63) is 11.6 Å². The van der Waals surface area contributed by atoms with Gasteiger partial charge in [-0.1, -0.05) is 46.3 Å². The van der Waals surface area contributed by atoms with E-state index in [-0.39, 0.29) is 24.5 Å². The predicted molar refractivity (Wildman–Crippen MR) is 78.5 cm³/mol. The number of aliphatic hydroxyl groups is 2. The van der Waals surface area contributed by atoms with Crippen molar-refractivity contribution in [2.75, 3.05) is 13.2 Å². The van der Waals surface area contributed by atoms with Gasteiger partial charge in [0.25, 0.3) is 0 Å². The Morgan fingerprint density at radius 3 is 2.06 bits per heavy atom. The minimum Gasteiger partial charge on any atom is -0.396 e. The highest BCUT2D eigenvalue weighted by Gasteiger charge is 2.23. The second-order valence-corrected chi connectivity index (χ2v) is 7.48. The molecule has 18 heavy (non-hydrogen) atoms. The molecular formula is C16H32O2. The first kappa shape index (κ1) is 17.7. The van der Waals surface area contributed by atoms with Crippen molar-refractivity contribution in [2.45, 2.75) is 60.8 Å². The molecule has 0 amide bonds. The molecule has 0 rings (SSSR count). The summed E-state index contributed by atoms with van der Waals surface area (Å²) in [7, 11) is 0. The SMILES string of the molecule is CC(=CC(C)(C)CC(C)(C)C)CC(CO)CCO. The van der Waals surface area contributed by atoms with E-state index in [0.29, 0.717) is 11.8 Å². The fourth-order valence-electron chi connectivity index (χ4n) is 3.04. The molecule has 0 heterocycles. The van der Waals surface area contributed by atoms with Gasteiger partial charge in [-0.3, -0.25) is 0 Å². The zero-order valence-electron chi connectivity index (χ0n) is 13.1. The summed E-state index contributed by atoms with van der Waals surface area (Å²) in [5, 5.41) is 18.2. The molecule has 0 aliphatic carbocycles. The second kappa shape index (κ2) is 7.30. The van der Waals surface area contributed by atoms with E-state index in [4.69, 9.17) is 5.11 Å². The third kappa shape index (κ3) is 8.71. The monoisotopic (exact) mass is 256 g/mol. The molecule has 1 unspecified atom stereocenters. The zero-order chi connectivity index (χ0) is 14.4. The van der Waals surface area contributed by atoms with Gasteiger partial charge in [0.2, 0.25) is 0 Å². The molecular weight excluding hydrogens is 224 g/mol.